The minimum atomic E-state index is -0.777. The Balaban J connectivity index is 2.47. The Morgan fingerprint density at radius 2 is 2.17 bits per heavy atom. The molecule has 0 radical (unpaired) electrons. The number of hydrogen-bond acceptors (Lipinski definition) is 2. The van der Waals surface area contributed by atoms with Gasteiger partial charge >= 0.3 is 0 Å². The molecule has 1 aromatic carbocycles. The van der Waals surface area contributed by atoms with Crippen molar-refractivity contribution in [2.24, 2.45) is 5.73 Å². The molecule has 0 spiro atoms. The van der Waals surface area contributed by atoms with Crippen molar-refractivity contribution in [2.45, 2.75) is 19.5 Å². The molecule has 0 saturated heterocycles. The van der Waals surface area contributed by atoms with Gasteiger partial charge < -0.3 is 5.73 Å². The van der Waals surface area contributed by atoms with Gasteiger partial charge in [0.1, 0.15) is 11.6 Å². The molecule has 1 aromatic heterocycles. The van der Waals surface area contributed by atoms with Gasteiger partial charge in [0.2, 0.25) is 0 Å². The van der Waals surface area contributed by atoms with Gasteiger partial charge in [-0.1, -0.05) is 17.7 Å². The van der Waals surface area contributed by atoms with Gasteiger partial charge in [-0.3, -0.25) is 4.68 Å². The maximum atomic E-state index is 13.7. The lowest BCUT2D eigenvalue weighted by Crippen LogP contribution is -2.19. The molecule has 0 aliphatic heterocycles. The fourth-order valence-corrected chi connectivity index (χ4v) is 2.09. The molecule has 3 nitrogen and oxygen atoms in total. The van der Waals surface area contributed by atoms with Crippen molar-refractivity contribution in [3.63, 3.8) is 0 Å². The minimum absolute atomic E-state index is 0.188. The van der Waals surface area contributed by atoms with E-state index in [0.717, 1.165) is 6.07 Å². The number of aryl methyl sites for hydroxylation is 1. The lowest BCUT2D eigenvalue weighted by Gasteiger charge is -2.15. The van der Waals surface area contributed by atoms with Crippen LogP contribution in [0.4, 0.5) is 8.78 Å². The Bertz CT molecular complexity index is 568. The Morgan fingerprint density at radius 3 is 2.78 bits per heavy atom. The number of nitrogens with zero attached hydrogens (tertiary/aromatic N) is 2. The first-order chi connectivity index (χ1) is 8.54. The van der Waals surface area contributed by atoms with Crippen LogP contribution in [0.15, 0.2) is 24.4 Å². The fraction of sp³-hybridized carbons (Fsp3) is 0.250. The second-order valence-electron chi connectivity index (χ2n) is 3.84. The largest absolute Gasteiger partial charge is 0.319 e. The van der Waals surface area contributed by atoms with Crippen LogP contribution in [0.3, 0.4) is 0 Å². The van der Waals surface area contributed by atoms with Crippen LogP contribution < -0.4 is 5.73 Å². The van der Waals surface area contributed by atoms with Crippen molar-refractivity contribution in [3.05, 3.63) is 52.3 Å². The second kappa shape index (κ2) is 5.04. The highest BCUT2D eigenvalue weighted by Crippen LogP contribution is 2.28. The van der Waals surface area contributed by atoms with Gasteiger partial charge in [-0.2, -0.15) is 5.10 Å². The van der Waals surface area contributed by atoms with Gasteiger partial charge in [0.25, 0.3) is 0 Å². The van der Waals surface area contributed by atoms with E-state index in [9.17, 15) is 8.78 Å². The van der Waals surface area contributed by atoms with Crippen LogP contribution in [-0.2, 0) is 6.54 Å². The molecule has 0 fully saturated rings. The van der Waals surface area contributed by atoms with Gasteiger partial charge in [-0.15, -0.1) is 0 Å². The summed E-state index contributed by atoms with van der Waals surface area (Å²) in [6.07, 6.45) is 1.46. The Labute approximate surface area is 108 Å². The highest BCUT2D eigenvalue weighted by atomic mass is 35.5. The van der Waals surface area contributed by atoms with Crippen LogP contribution in [0.2, 0.25) is 5.02 Å². The molecule has 18 heavy (non-hydrogen) atoms. The molecule has 2 rings (SSSR count). The van der Waals surface area contributed by atoms with Crippen LogP contribution >= 0.6 is 11.6 Å². The molecule has 1 atom stereocenters. The number of hydrogen-bond donors (Lipinski definition) is 1. The number of benzene rings is 1. The molecule has 0 aliphatic rings. The third-order valence-electron chi connectivity index (χ3n) is 2.72. The Kier molecular flexibility index (Phi) is 3.63. The van der Waals surface area contributed by atoms with E-state index in [2.05, 4.69) is 5.10 Å². The summed E-state index contributed by atoms with van der Waals surface area (Å²) in [6.45, 7) is 2.44. The third-order valence-corrected chi connectivity index (χ3v) is 3.02. The summed E-state index contributed by atoms with van der Waals surface area (Å²) in [5.41, 5.74) is 6.69. The van der Waals surface area contributed by atoms with Crippen molar-refractivity contribution in [1.29, 1.82) is 0 Å². The highest BCUT2D eigenvalue weighted by Gasteiger charge is 2.21. The summed E-state index contributed by atoms with van der Waals surface area (Å²) in [6, 6.07) is 2.51. The fourth-order valence-electron chi connectivity index (χ4n) is 1.83. The van der Waals surface area contributed by atoms with Crippen LogP contribution in [0.5, 0.6) is 0 Å². The van der Waals surface area contributed by atoms with E-state index in [4.69, 9.17) is 17.3 Å². The van der Waals surface area contributed by atoms with E-state index in [0.29, 0.717) is 17.3 Å². The van der Waals surface area contributed by atoms with Crippen molar-refractivity contribution in [1.82, 2.24) is 9.78 Å². The van der Waals surface area contributed by atoms with E-state index in [-0.39, 0.29) is 5.56 Å². The molecule has 0 aliphatic carbocycles. The summed E-state index contributed by atoms with van der Waals surface area (Å²) >= 11 is 5.99. The molecule has 0 saturated carbocycles. The third kappa shape index (κ3) is 2.23. The van der Waals surface area contributed by atoms with Crippen molar-refractivity contribution < 1.29 is 8.78 Å². The van der Waals surface area contributed by atoms with Crippen LogP contribution in [0.25, 0.3) is 0 Å². The molecule has 2 aromatic rings. The predicted molar refractivity (Wildman–Crippen MR) is 65.3 cm³/mol. The van der Waals surface area contributed by atoms with Crippen molar-refractivity contribution >= 4 is 11.6 Å². The molecule has 0 bridgehead atoms. The average molecular weight is 272 g/mol. The molecule has 2 N–H and O–H groups in total. The maximum Gasteiger partial charge on any atom is 0.131 e. The van der Waals surface area contributed by atoms with Crippen molar-refractivity contribution in [3.8, 4) is 0 Å². The normalized spacial score (nSPS) is 12.7. The van der Waals surface area contributed by atoms with E-state index in [1.54, 1.807) is 4.68 Å². The lowest BCUT2D eigenvalue weighted by molar-refractivity contribution is 0.551. The second-order valence-corrected chi connectivity index (χ2v) is 4.24. The first-order valence-electron chi connectivity index (χ1n) is 5.46. The molecule has 1 heterocycles. The number of nitrogens with two attached hydrogens (primary N) is 1. The topological polar surface area (TPSA) is 43.8 Å². The van der Waals surface area contributed by atoms with Crippen LogP contribution in [0, 0.1) is 11.6 Å². The summed E-state index contributed by atoms with van der Waals surface area (Å²) in [7, 11) is 0. The van der Waals surface area contributed by atoms with E-state index >= 15 is 0 Å². The number of rotatable bonds is 3. The van der Waals surface area contributed by atoms with E-state index < -0.39 is 17.7 Å². The van der Waals surface area contributed by atoms with Gasteiger partial charge in [0.15, 0.2) is 0 Å². The minimum Gasteiger partial charge on any atom is -0.319 e. The first kappa shape index (κ1) is 13.0. The van der Waals surface area contributed by atoms with E-state index in [1.807, 2.05) is 6.92 Å². The molecule has 96 valence electrons. The number of aromatic nitrogens is 2. The molecule has 0 amide bonds. The highest BCUT2D eigenvalue weighted by molar-refractivity contribution is 6.31. The maximum absolute atomic E-state index is 13.7. The zero-order valence-corrected chi connectivity index (χ0v) is 10.5. The monoisotopic (exact) mass is 271 g/mol. The summed E-state index contributed by atoms with van der Waals surface area (Å²) < 4.78 is 28.1. The van der Waals surface area contributed by atoms with Gasteiger partial charge in [0, 0.05) is 18.2 Å². The van der Waals surface area contributed by atoms with Crippen LogP contribution in [-0.4, -0.2) is 9.78 Å². The first-order valence-corrected chi connectivity index (χ1v) is 5.84. The SMILES string of the molecule is CCn1ncc(Cl)c1C(N)c1ccc(F)cc1F. The van der Waals surface area contributed by atoms with Gasteiger partial charge in [-0.25, -0.2) is 8.78 Å². The molecule has 6 heteroatoms. The van der Waals surface area contributed by atoms with E-state index in [1.165, 1.54) is 18.3 Å². The predicted octanol–water partition coefficient (Wildman–Crippen LogP) is 2.88. The zero-order chi connectivity index (χ0) is 13.3. The average Bonchev–Trinajstić information content (AvgIpc) is 2.69. The lowest BCUT2D eigenvalue weighted by atomic mass is 10.0. The van der Waals surface area contributed by atoms with Crippen LogP contribution in [0.1, 0.15) is 24.2 Å². The Hall–Kier alpha value is -1.46. The van der Waals surface area contributed by atoms with Gasteiger partial charge in [-0.05, 0) is 13.0 Å². The standard InChI is InChI=1S/C12H12ClF2N3/c1-2-18-12(9(13)6-17-18)11(16)8-4-3-7(14)5-10(8)15/h3-6,11H,2,16H2,1H3. The van der Waals surface area contributed by atoms with Gasteiger partial charge in [0.05, 0.1) is 23.0 Å². The number of halogens is 3. The molecular formula is C12H12ClF2N3. The summed E-state index contributed by atoms with van der Waals surface area (Å²) in [5, 5.41) is 4.40. The Morgan fingerprint density at radius 1 is 1.44 bits per heavy atom. The summed E-state index contributed by atoms with van der Waals surface area (Å²) in [5.74, 6) is -1.33. The smallest absolute Gasteiger partial charge is 0.131 e. The zero-order valence-electron chi connectivity index (χ0n) is 9.70. The summed E-state index contributed by atoms with van der Waals surface area (Å²) in [4.78, 5) is 0. The molecular weight excluding hydrogens is 260 g/mol. The van der Waals surface area contributed by atoms with Crippen molar-refractivity contribution in [2.75, 3.05) is 0 Å². The quantitative estimate of drug-likeness (QED) is 0.933. The molecule has 1 unspecified atom stereocenters.